The van der Waals surface area contributed by atoms with Crippen LogP contribution in [0.4, 0.5) is 0 Å². The van der Waals surface area contributed by atoms with Gasteiger partial charge in [0, 0.05) is 12.6 Å². The van der Waals surface area contributed by atoms with Gasteiger partial charge in [-0.15, -0.1) is 0 Å². The Bertz CT molecular complexity index is 240. The Kier molecular flexibility index (Phi) is 6.72. The fourth-order valence-electron chi connectivity index (χ4n) is 1.70. The Labute approximate surface area is 96.1 Å². The van der Waals surface area contributed by atoms with Crippen molar-refractivity contribution in [1.82, 2.24) is 4.90 Å². The van der Waals surface area contributed by atoms with E-state index in [9.17, 15) is 9.59 Å². The molecule has 94 valence electrons. The van der Waals surface area contributed by atoms with E-state index < -0.39 is 18.0 Å². The third-order valence-electron chi connectivity index (χ3n) is 2.49. The topological polar surface area (TPSA) is 77.8 Å². The first kappa shape index (κ1) is 14.9. The molecule has 16 heavy (non-hydrogen) atoms. The summed E-state index contributed by atoms with van der Waals surface area (Å²) in [5.41, 5.74) is 0. The Hall–Kier alpha value is -1.10. The summed E-state index contributed by atoms with van der Waals surface area (Å²) in [5, 5.41) is 17.7. The Morgan fingerprint density at radius 1 is 1.25 bits per heavy atom. The van der Waals surface area contributed by atoms with Crippen LogP contribution in [0.2, 0.25) is 0 Å². The molecule has 5 heteroatoms. The van der Waals surface area contributed by atoms with Crippen molar-refractivity contribution in [3.8, 4) is 0 Å². The zero-order valence-electron chi connectivity index (χ0n) is 10.1. The van der Waals surface area contributed by atoms with Crippen molar-refractivity contribution in [2.75, 3.05) is 6.54 Å². The van der Waals surface area contributed by atoms with Crippen LogP contribution in [-0.4, -0.2) is 45.7 Å². The lowest BCUT2D eigenvalue weighted by atomic mass is 10.1. The number of hydrogen-bond donors (Lipinski definition) is 2. The minimum atomic E-state index is -0.897. The number of hydrogen-bond acceptors (Lipinski definition) is 3. The van der Waals surface area contributed by atoms with E-state index in [1.165, 1.54) is 0 Å². The summed E-state index contributed by atoms with van der Waals surface area (Å²) in [6, 6.07) is -0.545. The van der Waals surface area contributed by atoms with Crippen LogP contribution in [0.3, 0.4) is 0 Å². The van der Waals surface area contributed by atoms with Crippen molar-refractivity contribution in [2.24, 2.45) is 0 Å². The molecule has 0 spiro atoms. The molecule has 2 N–H and O–H groups in total. The molecule has 0 aliphatic heterocycles. The molecule has 0 saturated heterocycles. The second-order valence-corrected chi connectivity index (χ2v) is 4.12. The van der Waals surface area contributed by atoms with Crippen molar-refractivity contribution in [1.29, 1.82) is 0 Å². The van der Waals surface area contributed by atoms with Gasteiger partial charge in [-0.2, -0.15) is 0 Å². The Morgan fingerprint density at radius 3 is 2.12 bits per heavy atom. The molecule has 1 atom stereocenters. The first-order valence-electron chi connectivity index (χ1n) is 5.60. The van der Waals surface area contributed by atoms with Gasteiger partial charge in [0.05, 0.1) is 6.42 Å². The molecule has 0 aromatic carbocycles. The van der Waals surface area contributed by atoms with Gasteiger partial charge in [0.1, 0.15) is 6.04 Å². The zero-order valence-corrected chi connectivity index (χ0v) is 10.1. The number of carboxylic acid groups (broad SMARTS) is 2. The van der Waals surface area contributed by atoms with Crippen molar-refractivity contribution in [3.63, 3.8) is 0 Å². The van der Waals surface area contributed by atoms with E-state index in [0.29, 0.717) is 6.42 Å². The van der Waals surface area contributed by atoms with Crippen LogP contribution in [-0.2, 0) is 9.59 Å². The van der Waals surface area contributed by atoms with Crippen LogP contribution in [0.1, 0.15) is 40.0 Å². The van der Waals surface area contributed by atoms with Gasteiger partial charge >= 0.3 is 11.9 Å². The molecule has 0 aliphatic rings. The largest absolute Gasteiger partial charge is 0.481 e. The molecule has 0 aromatic rings. The Balaban J connectivity index is 4.57. The van der Waals surface area contributed by atoms with E-state index in [4.69, 9.17) is 10.2 Å². The average Bonchev–Trinajstić information content (AvgIpc) is 2.15. The molecular weight excluding hydrogens is 210 g/mol. The molecule has 0 amide bonds. The molecule has 0 heterocycles. The Morgan fingerprint density at radius 2 is 1.81 bits per heavy atom. The predicted molar refractivity (Wildman–Crippen MR) is 60.4 cm³/mol. The van der Waals surface area contributed by atoms with Gasteiger partial charge in [-0.05, 0) is 20.3 Å². The van der Waals surface area contributed by atoms with Crippen LogP contribution in [0.25, 0.3) is 0 Å². The molecule has 0 aromatic heterocycles. The van der Waals surface area contributed by atoms with E-state index in [2.05, 4.69) is 0 Å². The number of aliphatic carboxylic acids is 2. The van der Waals surface area contributed by atoms with E-state index in [1.807, 2.05) is 20.8 Å². The minimum absolute atomic E-state index is 0.0221. The van der Waals surface area contributed by atoms with Gasteiger partial charge in [-0.1, -0.05) is 13.3 Å². The highest BCUT2D eigenvalue weighted by atomic mass is 16.4. The van der Waals surface area contributed by atoms with E-state index in [1.54, 1.807) is 4.90 Å². The summed E-state index contributed by atoms with van der Waals surface area (Å²) in [6.45, 7) is 5.97. The van der Waals surface area contributed by atoms with E-state index in [-0.39, 0.29) is 19.0 Å². The molecule has 0 radical (unpaired) electrons. The van der Waals surface area contributed by atoms with Crippen molar-refractivity contribution >= 4 is 11.9 Å². The first-order valence-corrected chi connectivity index (χ1v) is 5.60. The van der Waals surface area contributed by atoms with Gasteiger partial charge in [0.25, 0.3) is 0 Å². The van der Waals surface area contributed by atoms with Gasteiger partial charge in [0.2, 0.25) is 0 Å². The summed E-state index contributed by atoms with van der Waals surface area (Å²) >= 11 is 0. The smallest absolute Gasteiger partial charge is 0.320 e. The first-order chi connectivity index (χ1) is 7.40. The molecule has 1 unspecified atom stereocenters. The van der Waals surface area contributed by atoms with Crippen molar-refractivity contribution in [2.45, 2.75) is 52.1 Å². The lowest BCUT2D eigenvalue weighted by molar-refractivity contribution is -0.146. The number of carboxylic acids is 2. The third-order valence-corrected chi connectivity index (χ3v) is 2.49. The van der Waals surface area contributed by atoms with Crippen LogP contribution in [0.15, 0.2) is 0 Å². The van der Waals surface area contributed by atoms with E-state index in [0.717, 1.165) is 6.42 Å². The normalized spacial score (nSPS) is 13.1. The summed E-state index contributed by atoms with van der Waals surface area (Å²) in [6.07, 6.45) is 1.30. The predicted octanol–water partition coefficient (Wildman–Crippen LogP) is 1.42. The number of nitrogens with zero attached hydrogens (tertiary/aromatic N) is 1. The molecule has 5 nitrogen and oxygen atoms in total. The highest BCUT2D eigenvalue weighted by Gasteiger charge is 2.26. The minimum Gasteiger partial charge on any atom is -0.481 e. The van der Waals surface area contributed by atoms with Crippen molar-refractivity contribution in [3.05, 3.63) is 0 Å². The zero-order chi connectivity index (χ0) is 12.7. The van der Waals surface area contributed by atoms with Crippen LogP contribution >= 0.6 is 0 Å². The summed E-state index contributed by atoms with van der Waals surface area (Å²) in [5.74, 6) is -1.77. The third kappa shape index (κ3) is 5.11. The van der Waals surface area contributed by atoms with Crippen LogP contribution < -0.4 is 0 Å². The molecule has 0 aliphatic carbocycles. The monoisotopic (exact) mass is 231 g/mol. The molecule has 0 bridgehead atoms. The molecule has 0 fully saturated rings. The number of carbonyl (C=O) groups is 2. The van der Waals surface area contributed by atoms with E-state index >= 15 is 0 Å². The van der Waals surface area contributed by atoms with Gasteiger partial charge in [-0.25, -0.2) is 0 Å². The average molecular weight is 231 g/mol. The summed E-state index contributed by atoms with van der Waals surface area (Å²) in [4.78, 5) is 23.3. The molecule has 0 saturated carbocycles. The standard InChI is InChI=1S/C11H21NO4/c1-4-5-9(11(15)16)12(8(2)3)7-6-10(13)14/h8-9H,4-7H2,1-3H3,(H,13,14)(H,15,16). The summed E-state index contributed by atoms with van der Waals surface area (Å²) < 4.78 is 0. The molecular formula is C11H21NO4. The second kappa shape index (κ2) is 7.22. The molecule has 0 rings (SSSR count). The van der Waals surface area contributed by atoms with Gasteiger partial charge < -0.3 is 10.2 Å². The van der Waals surface area contributed by atoms with Gasteiger partial charge in [0.15, 0.2) is 0 Å². The lowest BCUT2D eigenvalue weighted by Gasteiger charge is -2.31. The second-order valence-electron chi connectivity index (χ2n) is 4.12. The lowest BCUT2D eigenvalue weighted by Crippen LogP contribution is -2.46. The highest BCUT2D eigenvalue weighted by molar-refractivity contribution is 5.73. The summed E-state index contributed by atoms with van der Waals surface area (Å²) in [7, 11) is 0. The van der Waals surface area contributed by atoms with Crippen LogP contribution in [0, 0.1) is 0 Å². The number of rotatable bonds is 8. The van der Waals surface area contributed by atoms with Crippen LogP contribution in [0.5, 0.6) is 0 Å². The van der Waals surface area contributed by atoms with Crippen molar-refractivity contribution < 1.29 is 19.8 Å². The SMILES string of the molecule is CCCC(C(=O)O)N(CCC(=O)O)C(C)C. The quantitative estimate of drug-likeness (QED) is 0.660. The fraction of sp³-hybridized carbons (Fsp3) is 0.818. The maximum Gasteiger partial charge on any atom is 0.320 e. The maximum atomic E-state index is 11.1. The highest BCUT2D eigenvalue weighted by Crippen LogP contribution is 2.12. The maximum absolute atomic E-state index is 11.1. The van der Waals surface area contributed by atoms with Gasteiger partial charge in [-0.3, -0.25) is 14.5 Å². The fourth-order valence-corrected chi connectivity index (χ4v) is 1.70.